The molecule has 3 nitrogen and oxygen atoms in total. The molecule has 0 atom stereocenters. The van der Waals surface area contributed by atoms with Crippen LogP contribution < -0.4 is 0 Å². The van der Waals surface area contributed by atoms with Crippen LogP contribution in [0.1, 0.15) is 71.6 Å². The predicted molar refractivity (Wildman–Crippen MR) is 97.9 cm³/mol. The fourth-order valence-electron chi connectivity index (χ4n) is 3.44. The van der Waals surface area contributed by atoms with Crippen LogP contribution in [0, 0.1) is 0 Å². The van der Waals surface area contributed by atoms with Gasteiger partial charge in [-0.3, -0.25) is 0 Å². The van der Waals surface area contributed by atoms with Crippen molar-refractivity contribution in [2.75, 3.05) is 19.8 Å². The van der Waals surface area contributed by atoms with E-state index in [-0.39, 0.29) is 5.97 Å². The predicted octanol–water partition coefficient (Wildman–Crippen LogP) is 5.27. The Bertz CT molecular complexity index is 483. The average Bonchev–Trinajstić information content (AvgIpc) is 2.64. The van der Waals surface area contributed by atoms with Gasteiger partial charge >= 0.3 is 5.97 Å². The van der Waals surface area contributed by atoms with Crippen LogP contribution in [0.25, 0.3) is 0 Å². The van der Waals surface area contributed by atoms with Crippen LogP contribution in [0.15, 0.2) is 34.4 Å². The average molecular weight is 332 g/mol. The van der Waals surface area contributed by atoms with E-state index in [0.29, 0.717) is 19.8 Å². The second kappa shape index (κ2) is 10.5. The van der Waals surface area contributed by atoms with Crippen molar-refractivity contribution in [3.05, 3.63) is 34.4 Å². The maximum atomic E-state index is 12.7. The smallest absolute Gasteiger partial charge is 0.337 e. The van der Waals surface area contributed by atoms with Gasteiger partial charge in [0.05, 0.1) is 18.8 Å². The van der Waals surface area contributed by atoms with Crippen molar-refractivity contribution in [3.63, 3.8) is 0 Å². The molecule has 3 heteroatoms. The van der Waals surface area contributed by atoms with E-state index in [1.807, 2.05) is 13.8 Å². The summed E-state index contributed by atoms with van der Waals surface area (Å²) in [5.41, 5.74) is 4.53. The van der Waals surface area contributed by atoms with Gasteiger partial charge in [-0.1, -0.05) is 19.1 Å². The van der Waals surface area contributed by atoms with Gasteiger partial charge < -0.3 is 9.47 Å². The lowest BCUT2D eigenvalue weighted by molar-refractivity contribution is -0.139. The summed E-state index contributed by atoms with van der Waals surface area (Å²) in [4.78, 5) is 12.7. The van der Waals surface area contributed by atoms with Gasteiger partial charge in [0, 0.05) is 6.61 Å². The summed E-state index contributed by atoms with van der Waals surface area (Å²) in [6.45, 7) is 5.42. The van der Waals surface area contributed by atoms with Gasteiger partial charge in [0.25, 0.3) is 0 Å². The molecule has 2 aliphatic rings. The van der Waals surface area contributed by atoms with Crippen LogP contribution in [0.2, 0.25) is 0 Å². The zero-order valence-electron chi connectivity index (χ0n) is 15.4. The lowest BCUT2D eigenvalue weighted by Gasteiger charge is -2.24. The number of carbonyl (C=O) groups is 1. The molecule has 0 unspecified atom stereocenters. The van der Waals surface area contributed by atoms with Crippen LogP contribution >= 0.6 is 0 Å². The topological polar surface area (TPSA) is 35.5 Å². The zero-order chi connectivity index (χ0) is 17.2. The highest BCUT2D eigenvalue weighted by Crippen LogP contribution is 2.36. The first-order chi connectivity index (χ1) is 11.8. The van der Waals surface area contributed by atoms with E-state index < -0.39 is 0 Å². The summed E-state index contributed by atoms with van der Waals surface area (Å²) in [5.74, 6) is -0.196. The molecule has 2 aliphatic carbocycles. The van der Waals surface area contributed by atoms with Crippen LogP contribution in [0.5, 0.6) is 0 Å². The van der Waals surface area contributed by atoms with Crippen molar-refractivity contribution in [1.82, 2.24) is 0 Å². The van der Waals surface area contributed by atoms with E-state index in [1.165, 1.54) is 36.8 Å². The van der Waals surface area contributed by atoms with Crippen molar-refractivity contribution in [2.24, 2.45) is 0 Å². The maximum Gasteiger partial charge on any atom is 0.337 e. The van der Waals surface area contributed by atoms with E-state index in [1.54, 1.807) is 0 Å². The van der Waals surface area contributed by atoms with Crippen LogP contribution in [-0.2, 0) is 14.3 Å². The Balaban J connectivity index is 2.42. The van der Waals surface area contributed by atoms with Gasteiger partial charge in [0.1, 0.15) is 0 Å². The van der Waals surface area contributed by atoms with E-state index in [4.69, 9.17) is 9.47 Å². The molecule has 24 heavy (non-hydrogen) atoms. The highest BCUT2D eigenvalue weighted by molar-refractivity contribution is 5.92. The third-order valence-electron chi connectivity index (χ3n) is 4.66. The molecule has 0 saturated carbocycles. The van der Waals surface area contributed by atoms with Gasteiger partial charge in [0.2, 0.25) is 0 Å². The standard InChI is InChI=1S/C21H32O3/c1-3-15-24-21(22)19(16-23-4-2)20(17-11-7-5-8-12-17)18-13-9-6-10-14-18/h11,13H,3-10,12,14-16H2,1-2H3. The summed E-state index contributed by atoms with van der Waals surface area (Å²) in [7, 11) is 0. The Hall–Kier alpha value is -1.35. The summed E-state index contributed by atoms with van der Waals surface area (Å²) >= 11 is 0. The van der Waals surface area contributed by atoms with Gasteiger partial charge in [-0.25, -0.2) is 4.79 Å². The summed E-state index contributed by atoms with van der Waals surface area (Å²) in [5, 5.41) is 0. The molecule has 0 heterocycles. The first-order valence-electron chi connectivity index (χ1n) is 9.64. The third-order valence-corrected chi connectivity index (χ3v) is 4.66. The summed E-state index contributed by atoms with van der Waals surface area (Å²) < 4.78 is 11.1. The molecule has 2 rings (SSSR count). The molecule has 0 aromatic carbocycles. The molecule has 134 valence electrons. The monoisotopic (exact) mass is 332 g/mol. The molecule has 0 amide bonds. The SMILES string of the molecule is CCCOC(=O)C(COCC)=C(C1=CCCCC1)C1=CCCCC1. The molecule has 0 aromatic heterocycles. The number of hydrogen-bond donors (Lipinski definition) is 0. The van der Waals surface area contributed by atoms with Gasteiger partial charge in [-0.15, -0.1) is 0 Å². The second-order valence-corrected chi connectivity index (χ2v) is 6.58. The third kappa shape index (κ3) is 5.34. The minimum Gasteiger partial charge on any atom is -0.462 e. The van der Waals surface area contributed by atoms with Crippen molar-refractivity contribution >= 4 is 5.97 Å². The van der Waals surface area contributed by atoms with Gasteiger partial charge in [-0.05, 0) is 81.4 Å². The van der Waals surface area contributed by atoms with Crippen LogP contribution in [0.3, 0.4) is 0 Å². The van der Waals surface area contributed by atoms with E-state index in [2.05, 4.69) is 12.2 Å². The Morgan fingerprint density at radius 2 is 1.62 bits per heavy atom. The normalized spacial score (nSPS) is 17.8. The lowest BCUT2D eigenvalue weighted by atomic mass is 9.82. The molecule has 0 aromatic rings. The lowest BCUT2D eigenvalue weighted by Crippen LogP contribution is -2.18. The van der Waals surface area contributed by atoms with E-state index >= 15 is 0 Å². The largest absolute Gasteiger partial charge is 0.462 e. The van der Waals surface area contributed by atoms with Crippen molar-refractivity contribution in [3.8, 4) is 0 Å². The minimum atomic E-state index is -0.196. The number of allylic oxidation sites excluding steroid dienone is 5. The molecule has 0 N–H and O–H groups in total. The number of esters is 1. The quantitative estimate of drug-likeness (QED) is 0.448. The summed E-state index contributed by atoms with van der Waals surface area (Å²) in [6, 6.07) is 0. The minimum absolute atomic E-state index is 0.196. The molecular weight excluding hydrogens is 300 g/mol. The first kappa shape index (κ1) is 19.0. The van der Waals surface area contributed by atoms with Crippen molar-refractivity contribution in [2.45, 2.75) is 71.6 Å². The molecule has 0 aliphatic heterocycles. The number of rotatable bonds is 8. The van der Waals surface area contributed by atoms with Crippen LogP contribution in [0.4, 0.5) is 0 Å². The molecular formula is C21H32O3. The maximum absolute atomic E-state index is 12.7. The molecule has 0 spiro atoms. The van der Waals surface area contributed by atoms with E-state index in [9.17, 15) is 4.79 Å². The zero-order valence-corrected chi connectivity index (χ0v) is 15.4. The molecule has 0 bridgehead atoms. The Labute approximate surface area is 146 Å². The van der Waals surface area contributed by atoms with Crippen molar-refractivity contribution < 1.29 is 14.3 Å². The number of carbonyl (C=O) groups excluding carboxylic acids is 1. The first-order valence-corrected chi connectivity index (χ1v) is 9.64. The van der Waals surface area contributed by atoms with Gasteiger partial charge in [-0.2, -0.15) is 0 Å². The second-order valence-electron chi connectivity index (χ2n) is 6.58. The highest BCUT2D eigenvalue weighted by atomic mass is 16.5. The molecule has 0 fully saturated rings. The molecule has 0 radical (unpaired) electrons. The number of ether oxygens (including phenoxy) is 2. The fraction of sp³-hybridized carbons (Fsp3) is 0.667. The fourth-order valence-corrected chi connectivity index (χ4v) is 3.44. The Morgan fingerprint density at radius 3 is 2.08 bits per heavy atom. The summed E-state index contributed by atoms with van der Waals surface area (Å²) in [6.07, 6.45) is 14.7. The van der Waals surface area contributed by atoms with Gasteiger partial charge in [0.15, 0.2) is 0 Å². The molecule has 0 saturated heterocycles. The highest BCUT2D eigenvalue weighted by Gasteiger charge is 2.24. The van der Waals surface area contributed by atoms with Crippen molar-refractivity contribution in [1.29, 1.82) is 0 Å². The Morgan fingerprint density at radius 1 is 1.00 bits per heavy atom. The Kier molecular flexibility index (Phi) is 8.31. The van der Waals surface area contributed by atoms with E-state index in [0.717, 1.165) is 43.3 Å². The van der Waals surface area contributed by atoms with Crippen LogP contribution in [-0.4, -0.2) is 25.8 Å². The number of hydrogen-bond acceptors (Lipinski definition) is 3.